The fraction of sp³-hybridized carbons (Fsp3) is 0.143. The van der Waals surface area contributed by atoms with Crippen molar-refractivity contribution < 1.29 is 19.0 Å². The number of rotatable bonds is 3. The quantitative estimate of drug-likeness (QED) is 0.731. The van der Waals surface area contributed by atoms with Crippen molar-refractivity contribution >= 4 is 51.0 Å². The molecule has 1 heterocycles. The van der Waals surface area contributed by atoms with Gasteiger partial charge in [-0.2, -0.15) is 0 Å². The molecule has 2 N–H and O–H groups in total. The number of hydrogen-bond donors (Lipinski definition) is 1. The van der Waals surface area contributed by atoms with Crippen LogP contribution in [0, 0.1) is 0 Å². The van der Waals surface area contributed by atoms with Crippen LogP contribution in [0.4, 0.5) is 10.5 Å². The molecule has 6 nitrogen and oxygen atoms in total. The van der Waals surface area contributed by atoms with Gasteiger partial charge in [-0.25, -0.2) is 9.78 Å². The van der Waals surface area contributed by atoms with Gasteiger partial charge < -0.3 is 19.9 Å². The minimum atomic E-state index is -0.955. The van der Waals surface area contributed by atoms with E-state index in [1.807, 2.05) is 0 Å². The van der Waals surface area contributed by atoms with Crippen LogP contribution in [-0.2, 0) is 4.74 Å². The molecule has 0 saturated carbocycles. The van der Waals surface area contributed by atoms with Crippen molar-refractivity contribution in [2.75, 3.05) is 20.0 Å². The van der Waals surface area contributed by atoms with Gasteiger partial charge in [-0.05, 0) is 34.1 Å². The third-order valence-electron chi connectivity index (χ3n) is 2.83. The van der Waals surface area contributed by atoms with E-state index >= 15 is 0 Å². The Morgan fingerprint density at radius 1 is 1.30 bits per heavy atom. The smallest absolute Gasteiger partial charge is 0.494 e. The predicted molar refractivity (Wildman–Crippen MR) is 91.4 cm³/mol. The summed E-state index contributed by atoms with van der Waals surface area (Å²) >= 11 is 15.5. The third kappa shape index (κ3) is 3.63. The molecule has 0 saturated heterocycles. The number of ether oxygens (including phenoxy) is 3. The van der Waals surface area contributed by atoms with Crippen LogP contribution in [0.1, 0.15) is 0 Å². The van der Waals surface area contributed by atoms with E-state index in [0.717, 1.165) is 0 Å². The number of aromatic nitrogens is 1. The summed E-state index contributed by atoms with van der Waals surface area (Å²) in [4.78, 5) is 15.5. The van der Waals surface area contributed by atoms with Gasteiger partial charge >= 0.3 is 6.16 Å². The van der Waals surface area contributed by atoms with Crippen LogP contribution in [-0.4, -0.2) is 25.4 Å². The van der Waals surface area contributed by atoms with Crippen molar-refractivity contribution in [3.05, 3.63) is 32.7 Å². The van der Waals surface area contributed by atoms with Crippen molar-refractivity contribution in [2.24, 2.45) is 0 Å². The number of carbonyl (C=O) groups is 1. The maximum absolute atomic E-state index is 11.3. The molecule has 1 aromatic heterocycles. The predicted octanol–water partition coefficient (Wildman–Crippen LogP) is 4.55. The minimum Gasteiger partial charge on any atom is -0.494 e. The van der Waals surface area contributed by atoms with Gasteiger partial charge in [-0.15, -0.1) is 0 Å². The lowest BCUT2D eigenvalue weighted by molar-refractivity contribution is 0.120. The monoisotopic (exact) mass is 420 g/mol. The Morgan fingerprint density at radius 3 is 2.61 bits per heavy atom. The number of nitrogens with zero attached hydrogens (tertiary/aromatic N) is 1. The molecule has 9 heteroatoms. The molecule has 0 atom stereocenters. The molecule has 0 radical (unpaired) electrons. The molecule has 0 amide bonds. The first-order chi connectivity index (χ1) is 10.9. The SMILES string of the molecule is COC(=O)Oc1nc(-c2ccc(Cl)c(OC)c2Br)cc(N)c1Cl. The highest BCUT2D eigenvalue weighted by molar-refractivity contribution is 9.10. The largest absolute Gasteiger partial charge is 0.514 e. The number of pyridine rings is 1. The van der Waals surface area contributed by atoms with Crippen LogP contribution >= 0.6 is 39.1 Å². The number of hydrogen-bond acceptors (Lipinski definition) is 6. The van der Waals surface area contributed by atoms with Gasteiger partial charge in [0.05, 0.1) is 35.1 Å². The fourth-order valence-electron chi connectivity index (χ4n) is 1.77. The zero-order chi connectivity index (χ0) is 17.1. The molecular weight excluding hydrogens is 411 g/mol. The van der Waals surface area contributed by atoms with Crippen LogP contribution in [0.15, 0.2) is 22.7 Å². The summed E-state index contributed by atoms with van der Waals surface area (Å²) in [5, 5.41) is 0.437. The Hall–Kier alpha value is -1.70. The van der Waals surface area contributed by atoms with Crippen molar-refractivity contribution in [3.8, 4) is 22.9 Å². The number of nitrogen functional groups attached to an aromatic ring is 1. The summed E-state index contributed by atoms with van der Waals surface area (Å²) in [7, 11) is 2.66. The maximum Gasteiger partial charge on any atom is 0.514 e. The zero-order valence-corrected chi connectivity index (χ0v) is 15.1. The first kappa shape index (κ1) is 17.7. The number of anilines is 1. The van der Waals surface area contributed by atoms with Crippen molar-refractivity contribution in [1.29, 1.82) is 0 Å². The van der Waals surface area contributed by atoms with E-state index < -0.39 is 6.16 Å². The van der Waals surface area contributed by atoms with Gasteiger partial charge in [0.1, 0.15) is 5.02 Å². The first-order valence-corrected chi connectivity index (χ1v) is 7.68. The molecule has 2 aromatic rings. The van der Waals surface area contributed by atoms with Gasteiger partial charge in [-0.3, -0.25) is 0 Å². The van der Waals surface area contributed by atoms with E-state index in [1.54, 1.807) is 18.2 Å². The van der Waals surface area contributed by atoms with E-state index in [2.05, 4.69) is 25.7 Å². The lowest BCUT2D eigenvalue weighted by Gasteiger charge is -2.13. The van der Waals surface area contributed by atoms with Crippen molar-refractivity contribution in [2.45, 2.75) is 0 Å². The maximum atomic E-state index is 11.3. The lowest BCUT2D eigenvalue weighted by atomic mass is 10.1. The first-order valence-electron chi connectivity index (χ1n) is 6.13. The van der Waals surface area contributed by atoms with Crippen LogP contribution < -0.4 is 15.2 Å². The average molecular weight is 422 g/mol. The summed E-state index contributed by atoms with van der Waals surface area (Å²) in [6.45, 7) is 0. The van der Waals surface area contributed by atoms with Gasteiger partial charge in [0.2, 0.25) is 5.88 Å². The number of nitrogens with two attached hydrogens (primary N) is 1. The Kier molecular flexibility index (Phi) is 5.56. The van der Waals surface area contributed by atoms with Crippen LogP contribution in [0.25, 0.3) is 11.3 Å². The van der Waals surface area contributed by atoms with E-state index in [0.29, 0.717) is 26.5 Å². The normalized spacial score (nSPS) is 10.3. The molecule has 122 valence electrons. The lowest BCUT2D eigenvalue weighted by Crippen LogP contribution is -2.10. The Morgan fingerprint density at radius 2 is 2.00 bits per heavy atom. The fourth-order valence-corrected chi connectivity index (χ4v) is 2.96. The third-order valence-corrected chi connectivity index (χ3v) is 4.30. The van der Waals surface area contributed by atoms with E-state index in [4.69, 9.17) is 38.4 Å². The molecule has 0 spiro atoms. The summed E-state index contributed by atoms with van der Waals surface area (Å²) in [5.74, 6) is 0.282. The molecule has 0 unspecified atom stereocenters. The molecule has 0 aliphatic heterocycles. The second kappa shape index (κ2) is 7.25. The number of methoxy groups -OCH3 is 2. The molecule has 0 bridgehead atoms. The Bertz CT molecular complexity index is 771. The molecule has 0 aliphatic carbocycles. The summed E-state index contributed by atoms with van der Waals surface area (Å²) in [6, 6.07) is 4.90. The van der Waals surface area contributed by atoms with Crippen LogP contribution in [0.5, 0.6) is 11.6 Å². The van der Waals surface area contributed by atoms with E-state index in [1.165, 1.54) is 14.2 Å². The van der Waals surface area contributed by atoms with E-state index in [-0.39, 0.29) is 16.6 Å². The highest BCUT2D eigenvalue weighted by Gasteiger charge is 2.18. The highest BCUT2D eigenvalue weighted by atomic mass is 79.9. The summed E-state index contributed by atoms with van der Waals surface area (Å²) in [5.41, 5.74) is 7.08. The number of carbonyl (C=O) groups excluding carboxylic acids is 1. The summed E-state index contributed by atoms with van der Waals surface area (Å²) < 4.78 is 15.1. The topological polar surface area (TPSA) is 83.7 Å². The molecule has 2 rings (SSSR count). The van der Waals surface area contributed by atoms with E-state index in [9.17, 15) is 4.79 Å². The second-order valence-corrected chi connectivity index (χ2v) is 5.79. The molecule has 0 aliphatic rings. The van der Waals surface area contributed by atoms with Gasteiger partial charge in [0.25, 0.3) is 0 Å². The van der Waals surface area contributed by atoms with Crippen LogP contribution in [0.3, 0.4) is 0 Å². The number of benzene rings is 1. The number of halogens is 3. The standard InChI is InChI=1S/C14H11BrCl2N2O4/c1-21-12-7(16)4-3-6(10(12)15)9-5-8(18)11(17)13(19-9)23-14(20)22-2/h3-5H,1-2H3,(H2,18,19). The molecule has 1 aromatic carbocycles. The average Bonchev–Trinajstić information content (AvgIpc) is 2.52. The zero-order valence-electron chi connectivity index (χ0n) is 12.0. The molecule has 0 fully saturated rings. The second-order valence-electron chi connectivity index (χ2n) is 4.21. The van der Waals surface area contributed by atoms with Crippen LogP contribution in [0.2, 0.25) is 10.0 Å². The Labute approximate surface area is 150 Å². The summed E-state index contributed by atoms with van der Waals surface area (Å²) in [6.07, 6.45) is -0.955. The van der Waals surface area contributed by atoms with Gasteiger partial charge in [-0.1, -0.05) is 23.2 Å². The van der Waals surface area contributed by atoms with Crippen molar-refractivity contribution in [3.63, 3.8) is 0 Å². The molecular formula is C14H11BrCl2N2O4. The minimum absolute atomic E-state index is 0.0104. The van der Waals surface area contributed by atoms with Gasteiger partial charge in [0.15, 0.2) is 5.75 Å². The highest BCUT2D eigenvalue weighted by Crippen LogP contribution is 2.42. The molecule has 23 heavy (non-hydrogen) atoms. The van der Waals surface area contributed by atoms with Gasteiger partial charge in [0, 0.05) is 5.56 Å². The Balaban J connectivity index is 2.59. The van der Waals surface area contributed by atoms with Crippen molar-refractivity contribution in [1.82, 2.24) is 4.98 Å².